The fourth-order valence-electron chi connectivity index (χ4n) is 3.94. The molecule has 0 radical (unpaired) electrons. The summed E-state index contributed by atoms with van der Waals surface area (Å²) in [5.41, 5.74) is 0.850. The largest absolute Gasteiger partial charge is 0.454 e. The molecule has 1 unspecified atom stereocenters. The van der Waals surface area contributed by atoms with Gasteiger partial charge in [0.15, 0.2) is 11.5 Å². The second-order valence-corrected chi connectivity index (χ2v) is 8.49. The van der Waals surface area contributed by atoms with Gasteiger partial charge in [0, 0.05) is 14.9 Å². The first-order valence-electron chi connectivity index (χ1n) is 8.37. The topological polar surface area (TPSA) is 67.9 Å². The van der Waals surface area contributed by atoms with Crippen molar-refractivity contribution in [2.45, 2.75) is 31.3 Å². The Kier molecular flexibility index (Phi) is 3.55. The number of carbonyl (C=O) groups excluding carboxylic acids is 2. The van der Waals surface area contributed by atoms with Crippen LogP contribution in [0.15, 0.2) is 28.1 Å². The van der Waals surface area contributed by atoms with Crippen molar-refractivity contribution in [2.75, 3.05) is 6.79 Å². The summed E-state index contributed by atoms with van der Waals surface area (Å²) in [4.78, 5) is 28.4. The molecule has 1 saturated heterocycles. The minimum absolute atomic E-state index is 0.175. The number of aryl methyl sites for hydroxylation is 1. The van der Waals surface area contributed by atoms with E-state index in [0.29, 0.717) is 17.9 Å². The van der Waals surface area contributed by atoms with Crippen LogP contribution in [0, 0.1) is 0 Å². The first-order chi connectivity index (χ1) is 12.6. The van der Waals surface area contributed by atoms with Crippen LogP contribution in [0.25, 0.3) is 0 Å². The number of hydrogen-bond acceptors (Lipinski definition) is 5. The average molecular weight is 435 g/mol. The Labute approximate surface area is 162 Å². The molecule has 5 rings (SSSR count). The van der Waals surface area contributed by atoms with Crippen LogP contribution in [0.3, 0.4) is 0 Å². The van der Waals surface area contributed by atoms with E-state index < -0.39 is 5.54 Å². The number of nitrogens with zero attached hydrogens (tertiary/aromatic N) is 1. The molecule has 1 aromatic carbocycles. The number of thiophene rings is 1. The summed E-state index contributed by atoms with van der Waals surface area (Å²) in [7, 11) is 0. The monoisotopic (exact) mass is 434 g/mol. The van der Waals surface area contributed by atoms with Crippen molar-refractivity contribution in [3.8, 4) is 11.5 Å². The van der Waals surface area contributed by atoms with Gasteiger partial charge in [-0.05, 0) is 48.4 Å². The molecule has 2 aliphatic heterocycles. The molecule has 3 amide bonds. The Bertz CT molecular complexity index is 943. The summed E-state index contributed by atoms with van der Waals surface area (Å²) >= 11 is 5.15. The lowest BCUT2D eigenvalue weighted by molar-refractivity contribution is -0.132. The lowest BCUT2D eigenvalue weighted by Crippen LogP contribution is -2.46. The number of amides is 3. The first kappa shape index (κ1) is 16.1. The van der Waals surface area contributed by atoms with Crippen LogP contribution in [0.5, 0.6) is 11.5 Å². The van der Waals surface area contributed by atoms with Gasteiger partial charge in [-0.3, -0.25) is 9.69 Å². The number of carbonyl (C=O) groups is 2. The molecule has 1 atom stereocenters. The van der Waals surface area contributed by atoms with Crippen molar-refractivity contribution in [2.24, 2.45) is 0 Å². The molecule has 3 heterocycles. The zero-order valence-corrected chi connectivity index (χ0v) is 16.1. The average Bonchev–Trinajstić information content (AvgIpc) is 3.32. The highest BCUT2D eigenvalue weighted by Gasteiger charge is 2.54. The Balaban J connectivity index is 1.49. The Morgan fingerprint density at radius 3 is 2.92 bits per heavy atom. The van der Waals surface area contributed by atoms with Crippen LogP contribution >= 0.6 is 27.3 Å². The second kappa shape index (κ2) is 5.72. The quantitative estimate of drug-likeness (QED) is 0.734. The molecular weight excluding hydrogens is 420 g/mol. The molecule has 1 fully saturated rings. The van der Waals surface area contributed by atoms with E-state index in [2.05, 4.69) is 21.2 Å². The van der Waals surface area contributed by atoms with Crippen LogP contribution < -0.4 is 14.8 Å². The number of benzene rings is 1. The van der Waals surface area contributed by atoms with E-state index in [1.807, 2.05) is 23.6 Å². The molecular formula is C18H15BrN2O4S. The van der Waals surface area contributed by atoms with Gasteiger partial charge in [0.1, 0.15) is 5.54 Å². The molecule has 3 aliphatic rings. The maximum Gasteiger partial charge on any atom is 0.325 e. The number of fused-ring (bicyclic) bond motifs is 3. The van der Waals surface area contributed by atoms with Gasteiger partial charge in [-0.25, -0.2) is 4.79 Å². The zero-order valence-electron chi connectivity index (χ0n) is 13.7. The van der Waals surface area contributed by atoms with E-state index in [9.17, 15) is 9.59 Å². The molecule has 0 saturated carbocycles. The fraction of sp³-hybridized carbons (Fsp3) is 0.333. The minimum Gasteiger partial charge on any atom is -0.454 e. The molecule has 0 bridgehead atoms. The predicted molar refractivity (Wildman–Crippen MR) is 98.3 cm³/mol. The third-order valence-corrected chi connectivity index (χ3v) is 6.93. The summed E-state index contributed by atoms with van der Waals surface area (Å²) < 4.78 is 11.5. The van der Waals surface area contributed by atoms with Crippen LogP contribution in [0.4, 0.5) is 4.79 Å². The summed E-state index contributed by atoms with van der Waals surface area (Å²) in [6.45, 7) is 0.363. The number of ether oxygens (including phenoxy) is 2. The van der Waals surface area contributed by atoms with Gasteiger partial charge in [0.05, 0.1) is 6.54 Å². The number of hydrogen-bond donors (Lipinski definition) is 1. The molecule has 1 aromatic heterocycles. The molecule has 6 nitrogen and oxygen atoms in total. The molecule has 26 heavy (non-hydrogen) atoms. The van der Waals surface area contributed by atoms with Crippen LogP contribution in [-0.4, -0.2) is 23.6 Å². The van der Waals surface area contributed by atoms with E-state index in [0.717, 1.165) is 28.4 Å². The van der Waals surface area contributed by atoms with Gasteiger partial charge in [0.25, 0.3) is 5.91 Å². The van der Waals surface area contributed by atoms with Crippen molar-refractivity contribution >= 4 is 39.2 Å². The van der Waals surface area contributed by atoms with Crippen LogP contribution in [0.1, 0.15) is 28.8 Å². The van der Waals surface area contributed by atoms with Gasteiger partial charge < -0.3 is 14.8 Å². The fourth-order valence-corrected chi connectivity index (χ4v) is 5.38. The van der Waals surface area contributed by atoms with Crippen LogP contribution in [0.2, 0.25) is 0 Å². The van der Waals surface area contributed by atoms with Gasteiger partial charge in [-0.2, -0.15) is 0 Å². The summed E-state index contributed by atoms with van der Waals surface area (Å²) in [5.74, 6) is 1.11. The minimum atomic E-state index is -0.909. The normalized spacial score (nSPS) is 23.5. The number of imide groups is 1. The molecule has 1 aliphatic carbocycles. The van der Waals surface area contributed by atoms with Crippen molar-refractivity contribution < 1.29 is 19.1 Å². The molecule has 1 spiro atoms. The third kappa shape index (κ3) is 2.21. The second-order valence-electron chi connectivity index (χ2n) is 6.63. The highest BCUT2D eigenvalue weighted by atomic mass is 79.9. The van der Waals surface area contributed by atoms with Gasteiger partial charge in [-0.15, -0.1) is 11.3 Å². The molecule has 1 N–H and O–H groups in total. The van der Waals surface area contributed by atoms with E-state index in [1.54, 1.807) is 11.3 Å². The van der Waals surface area contributed by atoms with E-state index in [-0.39, 0.29) is 25.3 Å². The Morgan fingerprint density at radius 2 is 2.08 bits per heavy atom. The summed E-state index contributed by atoms with van der Waals surface area (Å²) in [6, 6.07) is 5.24. The van der Waals surface area contributed by atoms with Crippen molar-refractivity contribution in [3.63, 3.8) is 0 Å². The smallest absolute Gasteiger partial charge is 0.325 e. The summed E-state index contributed by atoms with van der Waals surface area (Å²) in [5, 5.41) is 4.97. The maximum atomic E-state index is 13.3. The number of nitrogens with one attached hydrogen (secondary N) is 1. The van der Waals surface area contributed by atoms with Gasteiger partial charge in [0.2, 0.25) is 6.79 Å². The van der Waals surface area contributed by atoms with E-state index in [1.165, 1.54) is 9.78 Å². The first-order valence-corrected chi connectivity index (χ1v) is 10.0. The SMILES string of the molecule is O=C1NC2(CCCc3sccc32)C(=O)N1Cc1cc2c(cc1Br)OCO2. The number of halogens is 1. The lowest BCUT2D eigenvalue weighted by Gasteiger charge is -2.31. The summed E-state index contributed by atoms with van der Waals surface area (Å²) in [6.07, 6.45) is 2.49. The van der Waals surface area contributed by atoms with Crippen molar-refractivity contribution in [3.05, 3.63) is 44.1 Å². The van der Waals surface area contributed by atoms with Crippen molar-refractivity contribution in [1.29, 1.82) is 0 Å². The lowest BCUT2D eigenvalue weighted by atomic mass is 9.80. The van der Waals surface area contributed by atoms with Crippen LogP contribution in [-0.2, 0) is 23.3 Å². The predicted octanol–water partition coefficient (Wildman–Crippen LogP) is 3.52. The van der Waals surface area contributed by atoms with E-state index >= 15 is 0 Å². The van der Waals surface area contributed by atoms with Gasteiger partial charge >= 0.3 is 6.03 Å². The highest BCUT2D eigenvalue weighted by molar-refractivity contribution is 9.10. The molecule has 134 valence electrons. The number of rotatable bonds is 2. The third-order valence-electron chi connectivity index (χ3n) is 5.21. The maximum absolute atomic E-state index is 13.3. The Hall–Kier alpha value is -2.06. The standard InChI is InChI=1S/C18H15BrN2O4S/c19-12-7-14-13(24-9-25-14)6-10(12)8-21-16(22)18(20-17(21)23)4-1-2-15-11(18)3-5-26-15/h3,5-7H,1-2,4,8-9H2,(H,20,23). The number of urea groups is 1. The van der Waals surface area contributed by atoms with E-state index in [4.69, 9.17) is 9.47 Å². The molecule has 8 heteroatoms. The highest BCUT2D eigenvalue weighted by Crippen LogP contribution is 2.43. The van der Waals surface area contributed by atoms with Crippen molar-refractivity contribution in [1.82, 2.24) is 10.2 Å². The Morgan fingerprint density at radius 1 is 1.27 bits per heavy atom. The molecule has 2 aromatic rings. The zero-order chi connectivity index (χ0) is 17.9. The van der Waals surface area contributed by atoms with Gasteiger partial charge in [-0.1, -0.05) is 15.9 Å².